The van der Waals surface area contributed by atoms with Gasteiger partial charge in [0.05, 0.1) is 5.56 Å². The number of carbonyl (C=O) groups is 1. The van der Waals surface area contributed by atoms with E-state index in [1.807, 2.05) is 30.3 Å². The van der Waals surface area contributed by atoms with Crippen LogP contribution in [0.25, 0.3) is 0 Å². The van der Waals surface area contributed by atoms with Gasteiger partial charge in [0.2, 0.25) is 0 Å². The van der Waals surface area contributed by atoms with Crippen LogP contribution in [0.3, 0.4) is 0 Å². The fourth-order valence-electron chi connectivity index (χ4n) is 1.53. The van der Waals surface area contributed by atoms with E-state index >= 15 is 0 Å². The molecule has 0 heterocycles. The van der Waals surface area contributed by atoms with Gasteiger partial charge in [0, 0.05) is 0 Å². The van der Waals surface area contributed by atoms with Crippen molar-refractivity contribution in [2.24, 2.45) is 5.18 Å². The zero-order valence-electron chi connectivity index (χ0n) is 9.95. The van der Waals surface area contributed by atoms with Crippen LogP contribution in [0.2, 0.25) is 0 Å². The van der Waals surface area contributed by atoms with Gasteiger partial charge in [0.25, 0.3) is 0 Å². The van der Waals surface area contributed by atoms with Crippen LogP contribution in [0.1, 0.15) is 15.9 Å². The Kier molecular flexibility index (Phi) is 3.87. The molecular weight excluding hydrogens is 246 g/mol. The molecule has 0 aliphatic heterocycles. The van der Waals surface area contributed by atoms with Crippen LogP contribution in [0.15, 0.2) is 53.7 Å². The van der Waals surface area contributed by atoms with Gasteiger partial charge in [-0.1, -0.05) is 30.3 Å². The van der Waals surface area contributed by atoms with Crippen molar-refractivity contribution < 1.29 is 14.6 Å². The van der Waals surface area contributed by atoms with E-state index in [0.717, 1.165) is 11.6 Å². The minimum absolute atomic E-state index is 0.111. The van der Waals surface area contributed by atoms with Crippen LogP contribution in [0.4, 0.5) is 5.69 Å². The molecule has 0 amide bonds. The molecule has 2 aromatic rings. The third kappa shape index (κ3) is 3.16. The van der Waals surface area contributed by atoms with E-state index in [-0.39, 0.29) is 23.6 Å². The second-order valence-corrected chi connectivity index (χ2v) is 3.86. The Morgan fingerprint density at radius 2 is 1.89 bits per heavy atom. The molecule has 0 radical (unpaired) electrons. The molecule has 0 saturated carbocycles. The lowest BCUT2D eigenvalue weighted by atomic mass is 10.2. The molecule has 0 bridgehead atoms. The number of carbonyl (C=O) groups excluding carboxylic acids is 1. The van der Waals surface area contributed by atoms with Gasteiger partial charge >= 0.3 is 5.97 Å². The molecule has 0 aliphatic carbocycles. The Balaban J connectivity index is 2.04. The third-order valence-corrected chi connectivity index (χ3v) is 2.52. The minimum Gasteiger partial charge on any atom is -0.506 e. The summed E-state index contributed by atoms with van der Waals surface area (Å²) in [7, 11) is 0. The number of aromatic hydroxyl groups is 1. The highest BCUT2D eigenvalue weighted by Crippen LogP contribution is 2.27. The maximum absolute atomic E-state index is 11.7. The maximum Gasteiger partial charge on any atom is 0.338 e. The number of hydrogen-bond donors (Lipinski definition) is 1. The summed E-state index contributed by atoms with van der Waals surface area (Å²) in [5.74, 6) is -0.916. The van der Waals surface area contributed by atoms with Gasteiger partial charge in [-0.15, -0.1) is 4.91 Å². The summed E-state index contributed by atoms with van der Waals surface area (Å²) in [5, 5.41) is 12.0. The predicted molar refractivity (Wildman–Crippen MR) is 69.1 cm³/mol. The first-order valence-corrected chi connectivity index (χ1v) is 5.58. The maximum atomic E-state index is 11.7. The predicted octanol–water partition coefficient (Wildman–Crippen LogP) is 3.15. The van der Waals surface area contributed by atoms with Crippen molar-refractivity contribution in [3.05, 3.63) is 64.6 Å². The summed E-state index contributed by atoms with van der Waals surface area (Å²) >= 11 is 0. The number of ether oxygens (including phenoxy) is 1. The van der Waals surface area contributed by atoms with Crippen molar-refractivity contribution in [2.75, 3.05) is 0 Å². The van der Waals surface area contributed by atoms with Gasteiger partial charge in [-0.25, -0.2) is 4.79 Å². The summed E-state index contributed by atoms with van der Waals surface area (Å²) in [4.78, 5) is 22.0. The topological polar surface area (TPSA) is 76.0 Å². The quantitative estimate of drug-likeness (QED) is 0.674. The van der Waals surface area contributed by atoms with Crippen LogP contribution >= 0.6 is 0 Å². The molecule has 2 aromatic carbocycles. The van der Waals surface area contributed by atoms with Crippen LogP contribution in [-0.4, -0.2) is 11.1 Å². The fraction of sp³-hybridized carbons (Fsp3) is 0.0714. The van der Waals surface area contributed by atoms with Crippen LogP contribution in [0.5, 0.6) is 5.75 Å². The smallest absolute Gasteiger partial charge is 0.338 e. The Morgan fingerprint density at radius 3 is 2.53 bits per heavy atom. The van der Waals surface area contributed by atoms with Crippen molar-refractivity contribution in [2.45, 2.75) is 6.61 Å². The summed E-state index contributed by atoms with van der Waals surface area (Å²) < 4.78 is 5.08. The second-order valence-electron chi connectivity index (χ2n) is 3.86. The first-order valence-electron chi connectivity index (χ1n) is 5.58. The van der Waals surface area contributed by atoms with E-state index in [2.05, 4.69) is 5.18 Å². The molecule has 19 heavy (non-hydrogen) atoms. The molecule has 0 saturated heterocycles. The number of esters is 1. The summed E-state index contributed by atoms with van der Waals surface area (Å²) in [6.45, 7) is 0.147. The molecule has 5 heteroatoms. The van der Waals surface area contributed by atoms with Gasteiger partial charge in [0.1, 0.15) is 18.0 Å². The minimum atomic E-state index is -0.573. The number of nitrogens with zero attached hydrogens (tertiary/aromatic N) is 1. The van der Waals surface area contributed by atoms with Gasteiger partial charge < -0.3 is 9.84 Å². The number of phenols is 1. The van der Waals surface area contributed by atoms with Crippen LogP contribution in [0, 0.1) is 4.91 Å². The van der Waals surface area contributed by atoms with Crippen LogP contribution in [-0.2, 0) is 11.3 Å². The van der Waals surface area contributed by atoms with Crippen molar-refractivity contribution in [1.29, 1.82) is 0 Å². The average Bonchev–Trinajstić information content (AvgIpc) is 2.45. The molecule has 1 N–H and O–H groups in total. The highest BCUT2D eigenvalue weighted by atomic mass is 16.5. The van der Waals surface area contributed by atoms with Crippen molar-refractivity contribution in [1.82, 2.24) is 0 Å². The number of nitroso groups, excluding NO2 is 1. The molecule has 0 atom stereocenters. The average molecular weight is 257 g/mol. The molecule has 0 fully saturated rings. The molecular formula is C14H11NO4. The number of benzene rings is 2. The molecule has 96 valence electrons. The molecule has 0 aliphatic rings. The first kappa shape index (κ1) is 12.8. The number of rotatable bonds is 4. The summed E-state index contributed by atoms with van der Waals surface area (Å²) in [6.07, 6.45) is 0. The van der Waals surface area contributed by atoms with Crippen molar-refractivity contribution in [3.63, 3.8) is 0 Å². The van der Waals surface area contributed by atoms with E-state index in [0.29, 0.717) is 0 Å². The molecule has 0 aromatic heterocycles. The standard InChI is InChI=1S/C14H11NO4/c16-13-8-11(6-7-12(13)15-18)14(17)19-9-10-4-2-1-3-5-10/h1-8,16H,9H2. The summed E-state index contributed by atoms with van der Waals surface area (Å²) in [5.41, 5.74) is 0.923. The fourth-order valence-corrected chi connectivity index (χ4v) is 1.53. The lowest BCUT2D eigenvalue weighted by Gasteiger charge is -2.05. The van der Waals surface area contributed by atoms with E-state index in [1.165, 1.54) is 12.1 Å². The Labute approximate surface area is 109 Å². The normalized spacial score (nSPS) is 9.89. The highest BCUT2D eigenvalue weighted by Gasteiger charge is 2.11. The van der Waals surface area contributed by atoms with Crippen molar-refractivity contribution >= 4 is 11.7 Å². The Hall–Kier alpha value is -2.69. The summed E-state index contributed by atoms with van der Waals surface area (Å²) in [6, 6.07) is 13.0. The molecule has 5 nitrogen and oxygen atoms in total. The lowest BCUT2D eigenvalue weighted by Crippen LogP contribution is -2.04. The first-order chi connectivity index (χ1) is 9.20. The van der Waals surface area contributed by atoms with Crippen LogP contribution < -0.4 is 0 Å². The number of phenolic OH excluding ortho intramolecular Hbond substituents is 1. The molecule has 0 unspecified atom stereocenters. The van der Waals surface area contributed by atoms with E-state index in [9.17, 15) is 14.8 Å². The Morgan fingerprint density at radius 1 is 1.16 bits per heavy atom. The Bertz CT molecular complexity index is 596. The third-order valence-electron chi connectivity index (χ3n) is 2.52. The van der Waals surface area contributed by atoms with Crippen molar-refractivity contribution in [3.8, 4) is 5.75 Å². The van der Waals surface area contributed by atoms with Gasteiger partial charge in [-0.2, -0.15) is 0 Å². The molecule has 0 spiro atoms. The SMILES string of the molecule is O=Nc1ccc(C(=O)OCc2ccccc2)cc1O. The lowest BCUT2D eigenvalue weighted by molar-refractivity contribution is 0.0472. The van der Waals surface area contributed by atoms with Gasteiger partial charge in [-0.05, 0) is 28.9 Å². The monoisotopic (exact) mass is 257 g/mol. The van der Waals surface area contributed by atoms with E-state index in [4.69, 9.17) is 4.74 Å². The van der Waals surface area contributed by atoms with E-state index in [1.54, 1.807) is 0 Å². The highest BCUT2D eigenvalue weighted by molar-refractivity contribution is 5.90. The van der Waals surface area contributed by atoms with E-state index < -0.39 is 5.97 Å². The van der Waals surface area contributed by atoms with Gasteiger partial charge in [-0.3, -0.25) is 0 Å². The zero-order chi connectivity index (χ0) is 13.7. The van der Waals surface area contributed by atoms with Gasteiger partial charge in [0.15, 0.2) is 0 Å². The molecule has 2 rings (SSSR count). The number of hydrogen-bond acceptors (Lipinski definition) is 5. The second kappa shape index (κ2) is 5.77. The largest absolute Gasteiger partial charge is 0.506 e. The zero-order valence-corrected chi connectivity index (χ0v) is 9.95.